The quantitative estimate of drug-likeness (QED) is 0.137. The summed E-state index contributed by atoms with van der Waals surface area (Å²) in [4.78, 5) is 22.8. The van der Waals surface area contributed by atoms with Gasteiger partial charge in [0.2, 0.25) is 5.91 Å². The molecule has 0 atom stereocenters. The van der Waals surface area contributed by atoms with Gasteiger partial charge in [-0.15, -0.1) is 11.8 Å². The van der Waals surface area contributed by atoms with Gasteiger partial charge in [0.1, 0.15) is 10.8 Å². The summed E-state index contributed by atoms with van der Waals surface area (Å²) in [6.45, 7) is 13.8. The van der Waals surface area contributed by atoms with Crippen molar-refractivity contribution >= 4 is 40.6 Å². The molecule has 0 aliphatic carbocycles. The van der Waals surface area contributed by atoms with Crippen molar-refractivity contribution in [3.8, 4) is 5.75 Å². The molecule has 0 aliphatic heterocycles. The molecule has 208 valence electrons. The van der Waals surface area contributed by atoms with Gasteiger partial charge in [0.05, 0.1) is 22.2 Å². The molecule has 0 bridgehead atoms. The van der Waals surface area contributed by atoms with Crippen LogP contribution >= 0.6 is 23.4 Å². The number of thioether (sulfide) groups is 1. The summed E-state index contributed by atoms with van der Waals surface area (Å²) in [5.41, 5.74) is 3.57. The summed E-state index contributed by atoms with van der Waals surface area (Å²) in [6.07, 6.45) is 5.47. The average molecular weight is 562 g/mol. The van der Waals surface area contributed by atoms with E-state index in [1.54, 1.807) is 24.5 Å². The molecule has 0 saturated carbocycles. The Balaban J connectivity index is 2.02. The van der Waals surface area contributed by atoms with Crippen LogP contribution < -0.4 is 15.4 Å². The van der Waals surface area contributed by atoms with E-state index in [1.165, 1.54) is 22.9 Å². The van der Waals surface area contributed by atoms with Gasteiger partial charge in [0.15, 0.2) is 0 Å². The molecule has 2 aromatic carbocycles. The summed E-state index contributed by atoms with van der Waals surface area (Å²) in [5, 5.41) is 17.3. The fourth-order valence-corrected chi connectivity index (χ4v) is 4.27. The fourth-order valence-electron chi connectivity index (χ4n) is 3.70. The first-order valence-electron chi connectivity index (χ1n) is 12.9. The highest BCUT2D eigenvalue weighted by molar-refractivity contribution is 8.02. The number of carbonyl (C=O) groups excluding carboxylic acids is 1. The number of nitrogens with one attached hydrogen (secondary N) is 2. The van der Waals surface area contributed by atoms with Crippen molar-refractivity contribution in [2.75, 3.05) is 23.5 Å². The van der Waals surface area contributed by atoms with E-state index in [0.29, 0.717) is 34.5 Å². The molecule has 0 fully saturated rings. The molecule has 0 aliphatic rings. The fraction of sp³-hybridized carbons (Fsp3) is 0.483. The van der Waals surface area contributed by atoms with Gasteiger partial charge in [-0.05, 0) is 66.2 Å². The lowest BCUT2D eigenvalue weighted by Gasteiger charge is -2.30. The van der Waals surface area contributed by atoms with Crippen molar-refractivity contribution in [1.82, 2.24) is 0 Å². The molecule has 38 heavy (non-hydrogen) atoms. The number of rotatable bonds is 14. The van der Waals surface area contributed by atoms with E-state index >= 15 is 0 Å². The van der Waals surface area contributed by atoms with Gasteiger partial charge in [-0.25, -0.2) is 0 Å². The number of hydrogen-bond donors (Lipinski definition) is 2. The first-order valence-corrected chi connectivity index (χ1v) is 14.5. The highest BCUT2D eigenvalue weighted by Gasteiger charge is 2.26. The number of anilines is 2. The van der Waals surface area contributed by atoms with Gasteiger partial charge in [0, 0.05) is 17.7 Å². The molecule has 0 radical (unpaired) electrons. The SMILES string of the molecule is CCC(C)(C)c1ccc(OCCCC(=O)Nc2ccc(Cl)c(N/C(=C\[N+](=O)[O-])SC)c2)c(C(C)(C)CC)c1. The first-order chi connectivity index (χ1) is 17.8. The molecule has 2 rings (SSSR count). The third-order valence-corrected chi connectivity index (χ3v) is 7.99. The van der Waals surface area contributed by atoms with Gasteiger partial charge in [0.25, 0.3) is 6.20 Å². The van der Waals surface area contributed by atoms with Crippen molar-refractivity contribution in [1.29, 1.82) is 0 Å². The van der Waals surface area contributed by atoms with Gasteiger partial charge < -0.3 is 15.4 Å². The Morgan fingerprint density at radius 3 is 2.37 bits per heavy atom. The third-order valence-electron chi connectivity index (χ3n) is 7.01. The maximum Gasteiger partial charge on any atom is 0.264 e. The highest BCUT2D eigenvalue weighted by Crippen LogP contribution is 2.38. The normalized spacial score (nSPS) is 12.3. The third kappa shape index (κ3) is 8.95. The second kappa shape index (κ2) is 13.9. The van der Waals surface area contributed by atoms with Crippen molar-refractivity contribution in [3.63, 3.8) is 0 Å². The zero-order valence-electron chi connectivity index (χ0n) is 23.4. The van der Waals surface area contributed by atoms with E-state index < -0.39 is 4.92 Å². The second-order valence-corrected chi connectivity index (χ2v) is 11.7. The Morgan fingerprint density at radius 2 is 1.76 bits per heavy atom. The van der Waals surface area contributed by atoms with Gasteiger partial charge in [-0.2, -0.15) is 0 Å². The Morgan fingerprint density at radius 1 is 1.08 bits per heavy atom. The molecular formula is C29H40ClN3O4S. The predicted molar refractivity (Wildman–Crippen MR) is 160 cm³/mol. The molecule has 7 nitrogen and oxygen atoms in total. The predicted octanol–water partition coefficient (Wildman–Crippen LogP) is 8.36. The lowest BCUT2D eigenvalue weighted by Crippen LogP contribution is -2.21. The topological polar surface area (TPSA) is 93.5 Å². The first kappa shape index (κ1) is 31.5. The van der Waals surface area contributed by atoms with E-state index in [-0.39, 0.29) is 23.2 Å². The van der Waals surface area contributed by atoms with Crippen LogP contribution in [-0.4, -0.2) is 23.7 Å². The molecule has 0 aromatic heterocycles. The van der Waals surface area contributed by atoms with Crippen LogP contribution in [0.2, 0.25) is 5.02 Å². The minimum absolute atomic E-state index is 0.0299. The molecule has 0 unspecified atom stereocenters. The zero-order valence-corrected chi connectivity index (χ0v) is 25.0. The van der Waals surface area contributed by atoms with Crippen LogP contribution in [0.5, 0.6) is 5.75 Å². The summed E-state index contributed by atoms with van der Waals surface area (Å²) >= 11 is 7.42. The molecule has 9 heteroatoms. The molecule has 1 amide bonds. The summed E-state index contributed by atoms with van der Waals surface area (Å²) < 4.78 is 6.18. The molecule has 0 heterocycles. The van der Waals surface area contributed by atoms with Crippen LogP contribution in [0.15, 0.2) is 47.6 Å². The Bertz CT molecular complexity index is 1160. The van der Waals surface area contributed by atoms with Crippen LogP contribution in [0.1, 0.15) is 78.4 Å². The number of hydrogen-bond acceptors (Lipinski definition) is 6. The minimum atomic E-state index is -0.535. The second-order valence-electron chi connectivity index (χ2n) is 10.5. The minimum Gasteiger partial charge on any atom is -0.493 e. The Labute approximate surface area is 235 Å². The number of halogens is 1. The maximum absolute atomic E-state index is 12.6. The lowest BCUT2D eigenvalue weighted by molar-refractivity contribution is -0.402. The van der Waals surface area contributed by atoms with Crippen molar-refractivity contribution in [3.05, 3.63) is 73.9 Å². The summed E-state index contributed by atoms with van der Waals surface area (Å²) in [7, 11) is 0. The van der Waals surface area contributed by atoms with Crippen molar-refractivity contribution in [2.24, 2.45) is 0 Å². The largest absolute Gasteiger partial charge is 0.493 e. The van der Waals surface area contributed by atoms with E-state index in [0.717, 1.165) is 24.8 Å². The molecular weight excluding hydrogens is 522 g/mol. The van der Waals surface area contributed by atoms with E-state index in [2.05, 4.69) is 70.4 Å². The molecule has 2 aromatic rings. The molecule has 0 saturated heterocycles. The maximum atomic E-state index is 12.6. The van der Waals surface area contributed by atoms with Crippen LogP contribution in [0.25, 0.3) is 0 Å². The zero-order chi connectivity index (χ0) is 28.5. The van der Waals surface area contributed by atoms with Gasteiger partial charge in [-0.1, -0.05) is 65.3 Å². The van der Waals surface area contributed by atoms with Crippen molar-refractivity contribution in [2.45, 2.75) is 78.1 Å². The standard InChI is InChI=1S/C29H40ClN3O4S/c1-8-28(3,4)20-12-15-25(22(17-20)29(5,6)9-2)37-16-10-11-26(34)31-21-13-14-23(30)24(18-21)32-27(38-7)19-33(35)36/h12-15,17-19,32H,8-11,16H2,1-7H3,(H,31,34)/b27-19+. The number of carbonyl (C=O) groups is 1. The number of benzene rings is 2. The van der Waals surface area contributed by atoms with Crippen LogP contribution in [-0.2, 0) is 15.6 Å². The van der Waals surface area contributed by atoms with Crippen LogP contribution in [0.4, 0.5) is 11.4 Å². The number of nitrogens with zero attached hydrogens (tertiary/aromatic N) is 1. The van der Waals surface area contributed by atoms with E-state index in [9.17, 15) is 14.9 Å². The van der Waals surface area contributed by atoms with Crippen LogP contribution in [0.3, 0.4) is 0 Å². The number of amides is 1. The van der Waals surface area contributed by atoms with E-state index in [1.807, 2.05) is 0 Å². The Kier molecular flexibility index (Phi) is 11.5. The van der Waals surface area contributed by atoms with Gasteiger partial charge >= 0.3 is 0 Å². The summed E-state index contributed by atoms with van der Waals surface area (Å²) in [5.74, 6) is 0.718. The average Bonchev–Trinajstić information content (AvgIpc) is 2.87. The van der Waals surface area contributed by atoms with Crippen LogP contribution in [0, 0.1) is 10.1 Å². The molecule has 2 N–H and O–H groups in total. The smallest absolute Gasteiger partial charge is 0.264 e. The van der Waals surface area contributed by atoms with Gasteiger partial charge in [-0.3, -0.25) is 14.9 Å². The molecule has 0 spiro atoms. The van der Waals surface area contributed by atoms with E-state index in [4.69, 9.17) is 16.3 Å². The number of nitro groups is 1. The highest BCUT2D eigenvalue weighted by atomic mass is 35.5. The lowest BCUT2D eigenvalue weighted by atomic mass is 9.76. The Hall–Kier alpha value is -2.71. The monoisotopic (exact) mass is 561 g/mol. The number of ether oxygens (including phenoxy) is 1. The summed E-state index contributed by atoms with van der Waals surface area (Å²) in [6, 6.07) is 11.5. The van der Waals surface area contributed by atoms with Crippen molar-refractivity contribution < 1.29 is 14.5 Å².